The number of hydrogen-bond donors (Lipinski definition) is 2. The molecule has 3 aromatic rings. The number of amidine groups is 2. The van der Waals surface area contributed by atoms with Gasteiger partial charge in [-0.1, -0.05) is 54.2 Å². The van der Waals surface area contributed by atoms with Crippen LogP contribution in [0.4, 0.5) is 46.5 Å². The summed E-state index contributed by atoms with van der Waals surface area (Å²) in [7, 11) is 0. The van der Waals surface area contributed by atoms with Crippen LogP contribution in [0, 0.1) is 11.2 Å². The Morgan fingerprint density at radius 2 is 1.60 bits per heavy atom. The fourth-order valence-electron chi connectivity index (χ4n) is 4.05. The SMILES string of the molecule is CC1N=C2SCN2c2cc(F)ccc21.N=Cc1ccc(C(N)=NC=Nc2ccc(C(F)(C(F)(F)F)C(F)(F)F)cc2)cc1. The Labute approximate surface area is 244 Å². The van der Waals surface area contributed by atoms with E-state index in [1.807, 2.05) is 13.0 Å². The molecule has 0 bridgehead atoms. The fourth-order valence-corrected chi connectivity index (χ4v) is 4.90. The molecular weight excluding hydrogens is 604 g/mol. The molecule has 3 N–H and O–H groups in total. The number of fused-ring (bicyclic) bond motifs is 3. The summed E-state index contributed by atoms with van der Waals surface area (Å²) in [5, 5.41) is 8.12. The van der Waals surface area contributed by atoms with Gasteiger partial charge in [0.25, 0.3) is 0 Å². The van der Waals surface area contributed by atoms with Crippen LogP contribution in [0.3, 0.4) is 0 Å². The minimum Gasteiger partial charge on any atom is -0.383 e. The van der Waals surface area contributed by atoms with Gasteiger partial charge in [-0.15, -0.1) is 0 Å². The van der Waals surface area contributed by atoms with Crippen LogP contribution in [0.1, 0.15) is 35.2 Å². The quantitative estimate of drug-likeness (QED) is 0.172. The molecule has 5 rings (SSSR count). The summed E-state index contributed by atoms with van der Waals surface area (Å²) in [6, 6.07) is 13.8. The largest absolute Gasteiger partial charge is 0.435 e. The number of alkyl halides is 7. The zero-order valence-electron chi connectivity index (χ0n) is 22.1. The molecule has 226 valence electrons. The number of nitrogens with zero attached hydrogens (tertiary/aromatic N) is 4. The van der Waals surface area contributed by atoms with Gasteiger partial charge in [0.05, 0.1) is 23.3 Å². The number of nitrogens with two attached hydrogens (primary N) is 1. The Balaban J connectivity index is 0.000000248. The molecule has 2 aliphatic rings. The Morgan fingerprint density at radius 1 is 0.977 bits per heavy atom. The second-order valence-electron chi connectivity index (χ2n) is 9.22. The molecule has 43 heavy (non-hydrogen) atoms. The summed E-state index contributed by atoms with van der Waals surface area (Å²) < 4.78 is 103. The lowest BCUT2D eigenvalue weighted by atomic mass is 9.94. The van der Waals surface area contributed by atoms with Crippen molar-refractivity contribution in [1.29, 1.82) is 5.41 Å². The van der Waals surface area contributed by atoms with Crippen molar-refractivity contribution in [3.05, 3.63) is 94.8 Å². The van der Waals surface area contributed by atoms with Gasteiger partial charge in [0.2, 0.25) is 0 Å². The van der Waals surface area contributed by atoms with E-state index in [-0.39, 0.29) is 23.4 Å². The van der Waals surface area contributed by atoms with Crippen molar-refractivity contribution >= 4 is 46.7 Å². The van der Waals surface area contributed by atoms with Crippen molar-refractivity contribution in [2.75, 3.05) is 10.8 Å². The number of rotatable bonds is 5. The predicted molar refractivity (Wildman–Crippen MR) is 152 cm³/mol. The van der Waals surface area contributed by atoms with E-state index in [2.05, 4.69) is 19.9 Å². The first kappa shape index (κ1) is 31.7. The van der Waals surface area contributed by atoms with Crippen LogP contribution >= 0.6 is 11.8 Å². The smallest absolute Gasteiger partial charge is 0.383 e. The molecule has 2 heterocycles. The second kappa shape index (κ2) is 12.1. The zero-order valence-corrected chi connectivity index (χ0v) is 22.9. The second-order valence-corrected chi connectivity index (χ2v) is 10.1. The molecule has 6 nitrogen and oxygen atoms in total. The Hall–Kier alpha value is -4.27. The van der Waals surface area contributed by atoms with Crippen LogP contribution in [-0.4, -0.2) is 41.8 Å². The average molecular weight is 627 g/mol. The van der Waals surface area contributed by atoms with Crippen LogP contribution in [0.15, 0.2) is 81.7 Å². The third kappa shape index (κ3) is 6.55. The van der Waals surface area contributed by atoms with E-state index in [4.69, 9.17) is 11.1 Å². The highest BCUT2D eigenvalue weighted by molar-refractivity contribution is 8.16. The molecule has 2 aliphatic heterocycles. The topological polar surface area (TPSA) is 90.2 Å². The molecule has 0 radical (unpaired) electrons. The van der Waals surface area contributed by atoms with Gasteiger partial charge in [-0.25, -0.2) is 18.8 Å². The minimum absolute atomic E-state index is 0.0406. The van der Waals surface area contributed by atoms with E-state index in [9.17, 15) is 35.1 Å². The summed E-state index contributed by atoms with van der Waals surface area (Å²) in [6.07, 6.45) is -10.3. The van der Waals surface area contributed by atoms with Gasteiger partial charge in [0.1, 0.15) is 18.0 Å². The molecule has 1 fully saturated rings. The van der Waals surface area contributed by atoms with E-state index in [1.165, 1.54) is 6.07 Å². The molecule has 1 saturated heterocycles. The van der Waals surface area contributed by atoms with Gasteiger partial charge in [-0.2, -0.15) is 26.3 Å². The van der Waals surface area contributed by atoms with Gasteiger partial charge in [-0.3, -0.25) is 4.99 Å². The first-order valence-electron chi connectivity index (χ1n) is 12.3. The maximum Gasteiger partial charge on any atom is 0.435 e. The standard InChI is InChI=1S/C18H13F7N4.C10H9FN2S/c19-16(17(20,21)22,18(23,24)25)13-5-7-14(8-6-13)28-10-29-15(27)12-3-1-11(9-26)2-4-12;1-6-8-3-2-7(11)4-9(8)13-5-14-10(13)12-6/h1-10,26H,(H2,27,28,29);2-4,6H,5H2,1H3. The predicted octanol–water partition coefficient (Wildman–Crippen LogP) is 7.81. The maximum atomic E-state index is 13.9. The average Bonchev–Trinajstić information content (AvgIpc) is 2.94. The molecule has 1 unspecified atom stereocenters. The van der Waals surface area contributed by atoms with E-state index < -0.39 is 23.6 Å². The first-order chi connectivity index (χ1) is 20.2. The lowest BCUT2D eigenvalue weighted by Crippen LogP contribution is -2.50. The van der Waals surface area contributed by atoms with Crippen LogP contribution in [0.25, 0.3) is 0 Å². The van der Waals surface area contributed by atoms with Crippen LogP contribution < -0.4 is 10.6 Å². The summed E-state index contributed by atoms with van der Waals surface area (Å²) in [5.74, 6) is 0.759. The van der Waals surface area contributed by atoms with E-state index in [0.29, 0.717) is 23.3 Å². The van der Waals surface area contributed by atoms with Crippen molar-refractivity contribution in [3.63, 3.8) is 0 Å². The summed E-state index contributed by atoms with van der Waals surface area (Å²) in [6.45, 7) is 2.04. The minimum atomic E-state index is -6.18. The Bertz CT molecular complexity index is 1550. The zero-order chi connectivity index (χ0) is 31.6. The third-order valence-electron chi connectivity index (χ3n) is 6.41. The van der Waals surface area contributed by atoms with Crippen molar-refractivity contribution in [3.8, 4) is 0 Å². The Morgan fingerprint density at radius 3 is 2.14 bits per heavy atom. The van der Waals surface area contributed by atoms with Crippen LogP contribution in [0.5, 0.6) is 0 Å². The summed E-state index contributed by atoms with van der Waals surface area (Å²) >= 11 is 1.72. The summed E-state index contributed by atoms with van der Waals surface area (Å²) in [4.78, 5) is 14.1. The molecule has 0 aliphatic carbocycles. The lowest BCUT2D eigenvalue weighted by molar-refractivity contribution is -0.348. The fraction of sp³-hybridized carbons (Fsp3) is 0.214. The van der Waals surface area contributed by atoms with Gasteiger partial charge < -0.3 is 16.0 Å². The van der Waals surface area contributed by atoms with Gasteiger partial charge >= 0.3 is 18.0 Å². The first-order valence-corrected chi connectivity index (χ1v) is 13.3. The molecule has 1 atom stereocenters. The molecule has 0 spiro atoms. The van der Waals surface area contributed by atoms with Crippen LogP contribution in [0.2, 0.25) is 0 Å². The number of anilines is 1. The highest BCUT2D eigenvalue weighted by Crippen LogP contribution is 2.53. The van der Waals surface area contributed by atoms with Gasteiger partial charge in [-0.05, 0) is 36.8 Å². The van der Waals surface area contributed by atoms with Gasteiger partial charge in [0, 0.05) is 22.9 Å². The monoisotopic (exact) mass is 626 g/mol. The maximum absolute atomic E-state index is 13.9. The normalized spacial score (nSPS) is 16.9. The molecule has 3 aromatic carbocycles. The van der Waals surface area contributed by atoms with Crippen LogP contribution in [-0.2, 0) is 5.67 Å². The number of nitrogens with one attached hydrogen (secondary N) is 1. The van der Waals surface area contributed by atoms with Crippen molar-refractivity contribution in [2.45, 2.75) is 31.0 Å². The molecule has 15 heteroatoms. The van der Waals surface area contributed by atoms with Crippen molar-refractivity contribution in [2.24, 2.45) is 20.7 Å². The number of aliphatic imine (C=N–C) groups is 3. The number of hydrogen-bond acceptors (Lipinski definition) is 5. The highest BCUT2D eigenvalue weighted by Gasteiger charge is 2.73. The summed E-state index contributed by atoms with van der Waals surface area (Å²) in [5.41, 5.74) is 1.83. The van der Waals surface area contributed by atoms with E-state index >= 15 is 0 Å². The highest BCUT2D eigenvalue weighted by atomic mass is 32.2. The van der Waals surface area contributed by atoms with Gasteiger partial charge in [0.15, 0.2) is 5.17 Å². The van der Waals surface area contributed by atoms with Crippen molar-refractivity contribution < 1.29 is 35.1 Å². The molecular formula is C28H22F8N6S. The molecule has 0 amide bonds. The molecule has 0 saturated carbocycles. The van der Waals surface area contributed by atoms with Crippen molar-refractivity contribution in [1.82, 2.24) is 0 Å². The number of benzene rings is 3. The lowest BCUT2D eigenvalue weighted by Gasteiger charge is -2.39. The van der Waals surface area contributed by atoms with E-state index in [1.54, 1.807) is 42.1 Å². The molecule has 0 aromatic heterocycles. The number of halogens is 8. The Kier molecular flexibility index (Phi) is 8.94. The third-order valence-corrected chi connectivity index (χ3v) is 7.39. The number of thioether (sulfide) groups is 1. The van der Waals surface area contributed by atoms with E-state index in [0.717, 1.165) is 47.0 Å².